The van der Waals surface area contributed by atoms with Gasteiger partial charge in [0.2, 0.25) is 0 Å². The molecule has 1 aromatic carbocycles. The fourth-order valence-electron chi connectivity index (χ4n) is 1.50. The lowest BCUT2D eigenvalue weighted by Gasteiger charge is -2.19. The van der Waals surface area contributed by atoms with Crippen molar-refractivity contribution in [3.05, 3.63) is 48.0 Å². The van der Waals surface area contributed by atoms with Crippen molar-refractivity contribution >= 4 is 11.6 Å². The fourth-order valence-corrected chi connectivity index (χ4v) is 1.63. The molecule has 0 amide bonds. The molecule has 0 spiro atoms. The van der Waals surface area contributed by atoms with Crippen LogP contribution in [0.4, 0.5) is 0 Å². The molecule has 1 aromatic rings. The van der Waals surface area contributed by atoms with E-state index in [4.69, 9.17) is 16.7 Å². The average molecular weight is 240 g/mol. The summed E-state index contributed by atoms with van der Waals surface area (Å²) in [6.07, 6.45) is 3.96. The quantitative estimate of drug-likeness (QED) is 0.583. The van der Waals surface area contributed by atoms with Gasteiger partial charge in [0.15, 0.2) is 0 Å². The number of allylic oxidation sites excluding steroid dienone is 1. The summed E-state index contributed by atoms with van der Waals surface area (Å²) >= 11 is 5.57. The Balaban J connectivity index is 2.47. The van der Waals surface area contributed by atoms with Gasteiger partial charge in [-0.25, -0.2) is 0 Å². The van der Waals surface area contributed by atoms with E-state index in [0.29, 0.717) is 12.4 Å². The largest absolute Gasteiger partial charge is 0.395 e. The van der Waals surface area contributed by atoms with Gasteiger partial charge in [-0.2, -0.15) is 0 Å². The van der Waals surface area contributed by atoms with Crippen molar-refractivity contribution in [3.63, 3.8) is 0 Å². The second-order valence-electron chi connectivity index (χ2n) is 3.57. The van der Waals surface area contributed by atoms with Crippen molar-refractivity contribution < 1.29 is 5.11 Å². The second-order valence-corrected chi connectivity index (χ2v) is 3.88. The topological polar surface area (TPSA) is 23.5 Å². The number of nitrogens with zero attached hydrogens (tertiary/aromatic N) is 1. The lowest BCUT2D eigenvalue weighted by atomic mass is 10.2. The molecule has 0 saturated heterocycles. The fraction of sp³-hybridized carbons (Fsp3) is 0.385. The Morgan fingerprint density at radius 2 is 1.94 bits per heavy atom. The highest BCUT2D eigenvalue weighted by Gasteiger charge is 2.02. The smallest absolute Gasteiger partial charge is 0.0558 e. The molecule has 0 heterocycles. The Kier molecular flexibility index (Phi) is 6.90. The second kappa shape index (κ2) is 8.34. The molecule has 0 atom stereocenters. The number of aliphatic hydroxyl groups excluding tert-OH is 1. The Labute approximate surface area is 102 Å². The molecule has 1 N–H and O–H groups in total. The third kappa shape index (κ3) is 5.31. The molecule has 88 valence electrons. The van der Waals surface area contributed by atoms with Gasteiger partial charge in [-0.1, -0.05) is 42.5 Å². The standard InChI is InChI=1S/C13H18ClNO/c14-8-4-5-9-15(10-11-16)12-13-6-2-1-3-7-13/h1-7,16H,8-12H2. The van der Waals surface area contributed by atoms with Crippen LogP contribution in [0.3, 0.4) is 0 Å². The Bertz CT molecular complexity index is 300. The molecule has 0 bridgehead atoms. The van der Waals surface area contributed by atoms with Crippen molar-refractivity contribution in [1.82, 2.24) is 4.90 Å². The number of benzene rings is 1. The molecule has 1 rings (SSSR count). The normalized spacial score (nSPS) is 11.4. The lowest BCUT2D eigenvalue weighted by Crippen LogP contribution is -2.26. The van der Waals surface area contributed by atoms with Gasteiger partial charge in [-0.15, -0.1) is 11.6 Å². The Morgan fingerprint density at radius 3 is 2.56 bits per heavy atom. The SMILES string of the molecule is OCCN(CC=CCCl)Cc1ccccc1. The number of alkyl halides is 1. The van der Waals surface area contributed by atoms with E-state index in [1.807, 2.05) is 30.4 Å². The molecule has 3 heteroatoms. The molecule has 0 aliphatic carbocycles. The summed E-state index contributed by atoms with van der Waals surface area (Å²) in [5, 5.41) is 8.98. The van der Waals surface area contributed by atoms with Crippen LogP contribution in [0, 0.1) is 0 Å². The first-order chi connectivity index (χ1) is 7.86. The maximum atomic E-state index is 8.98. The first-order valence-electron chi connectivity index (χ1n) is 5.45. The van der Waals surface area contributed by atoms with Crippen LogP contribution >= 0.6 is 11.6 Å². The predicted octanol–water partition coefficient (Wildman–Crippen LogP) is 2.28. The first kappa shape index (κ1) is 13.2. The minimum absolute atomic E-state index is 0.182. The van der Waals surface area contributed by atoms with Crippen LogP contribution in [0.1, 0.15) is 5.56 Å². The molecule has 0 unspecified atom stereocenters. The summed E-state index contributed by atoms with van der Waals surface area (Å²) in [7, 11) is 0. The third-order valence-corrected chi connectivity index (χ3v) is 2.46. The zero-order valence-corrected chi connectivity index (χ0v) is 10.1. The number of halogens is 1. The molecule has 0 fully saturated rings. The van der Waals surface area contributed by atoms with Crippen LogP contribution in [0.5, 0.6) is 0 Å². The molecule has 0 aliphatic heterocycles. The Hall–Kier alpha value is -0.830. The maximum absolute atomic E-state index is 8.98. The van der Waals surface area contributed by atoms with Crippen molar-refractivity contribution in [1.29, 1.82) is 0 Å². The summed E-state index contributed by atoms with van der Waals surface area (Å²) in [5.41, 5.74) is 1.26. The Morgan fingerprint density at radius 1 is 1.19 bits per heavy atom. The van der Waals surface area contributed by atoms with E-state index in [-0.39, 0.29) is 6.61 Å². The van der Waals surface area contributed by atoms with Gasteiger partial charge in [0.25, 0.3) is 0 Å². The molecule has 2 nitrogen and oxygen atoms in total. The van der Waals surface area contributed by atoms with Crippen molar-refractivity contribution in [3.8, 4) is 0 Å². The van der Waals surface area contributed by atoms with Crippen LogP contribution in [-0.2, 0) is 6.54 Å². The highest BCUT2D eigenvalue weighted by atomic mass is 35.5. The van der Waals surface area contributed by atoms with Crippen LogP contribution < -0.4 is 0 Å². The van der Waals surface area contributed by atoms with Crippen molar-refractivity contribution in [2.45, 2.75) is 6.54 Å². The van der Waals surface area contributed by atoms with Gasteiger partial charge in [-0.05, 0) is 5.56 Å². The van der Waals surface area contributed by atoms with Crippen molar-refractivity contribution in [2.75, 3.05) is 25.6 Å². The lowest BCUT2D eigenvalue weighted by molar-refractivity contribution is 0.203. The van der Waals surface area contributed by atoms with Gasteiger partial charge in [0.1, 0.15) is 0 Å². The van der Waals surface area contributed by atoms with E-state index in [2.05, 4.69) is 17.0 Å². The monoisotopic (exact) mass is 239 g/mol. The number of hydrogen-bond acceptors (Lipinski definition) is 2. The van der Waals surface area contributed by atoms with E-state index in [0.717, 1.165) is 13.1 Å². The van der Waals surface area contributed by atoms with E-state index >= 15 is 0 Å². The molecule has 0 radical (unpaired) electrons. The minimum Gasteiger partial charge on any atom is -0.395 e. The van der Waals surface area contributed by atoms with E-state index in [1.54, 1.807) is 0 Å². The molecule has 0 aliphatic rings. The number of aliphatic hydroxyl groups is 1. The average Bonchev–Trinajstić information content (AvgIpc) is 2.31. The minimum atomic E-state index is 0.182. The van der Waals surface area contributed by atoms with Crippen LogP contribution in [0.2, 0.25) is 0 Å². The van der Waals surface area contributed by atoms with Gasteiger partial charge >= 0.3 is 0 Å². The predicted molar refractivity (Wildman–Crippen MR) is 68.7 cm³/mol. The highest BCUT2D eigenvalue weighted by molar-refractivity contribution is 6.18. The molecule has 0 saturated carbocycles. The summed E-state index contributed by atoms with van der Waals surface area (Å²) in [6, 6.07) is 10.3. The zero-order valence-electron chi connectivity index (χ0n) is 9.35. The summed E-state index contributed by atoms with van der Waals surface area (Å²) in [4.78, 5) is 2.18. The molecular weight excluding hydrogens is 222 g/mol. The molecule has 16 heavy (non-hydrogen) atoms. The van der Waals surface area contributed by atoms with Crippen LogP contribution in [-0.4, -0.2) is 35.6 Å². The third-order valence-electron chi connectivity index (χ3n) is 2.28. The number of rotatable bonds is 7. The maximum Gasteiger partial charge on any atom is 0.0558 e. The molecular formula is C13H18ClNO. The van der Waals surface area contributed by atoms with E-state index < -0.39 is 0 Å². The first-order valence-corrected chi connectivity index (χ1v) is 5.98. The summed E-state index contributed by atoms with van der Waals surface area (Å²) in [6.45, 7) is 2.54. The zero-order chi connectivity index (χ0) is 11.6. The van der Waals surface area contributed by atoms with Crippen LogP contribution in [0.15, 0.2) is 42.5 Å². The van der Waals surface area contributed by atoms with E-state index in [1.165, 1.54) is 5.56 Å². The highest BCUT2D eigenvalue weighted by Crippen LogP contribution is 2.04. The number of hydrogen-bond donors (Lipinski definition) is 1. The van der Waals surface area contributed by atoms with Gasteiger partial charge < -0.3 is 5.11 Å². The van der Waals surface area contributed by atoms with Crippen LogP contribution in [0.25, 0.3) is 0 Å². The van der Waals surface area contributed by atoms with E-state index in [9.17, 15) is 0 Å². The van der Waals surface area contributed by atoms with Crippen molar-refractivity contribution in [2.24, 2.45) is 0 Å². The molecule has 0 aromatic heterocycles. The van der Waals surface area contributed by atoms with Gasteiger partial charge in [0, 0.05) is 25.5 Å². The summed E-state index contributed by atoms with van der Waals surface area (Å²) < 4.78 is 0. The summed E-state index contributed by atoms with van der Waals surface area (Å²) in [5.74, 6) is 0.540. The van der Waals surface area contributed by atoms with Gasteiger partial charge in [-0.3, -0.25) is 4.90 Å². The van der Waals surface area contributed by atoms with Gasteiger partial charge in [0.05, 0.1) is 6.61 Å².